The summed E-state index contributed by atoms with van der Waals surface area (Å²) in [6, 6.07) is 1.65. The van der Waals surface area contributed by atoms with E-state index in [4.69, 9.17) is 5.73 Å². The molecular weight excluding hydrogens is 232 g/mol. The van der Waals surface area contributed by atoms with Crippen molar-refractivity contribution in [2.24, 2.45) is 5.73 Å². The summed E-state index contributed by atoms with van der Waals surface area (Å²) in [5, 5.41) is 2.98. The maximum absolute atomic E-state index is 11.8. The van der Waals surface area contributed by atoms with E-state index in [9.17, 15) is 4.79 Å². The number of nitrogens with zero attached hydrogens (tertiary/aromatic N) is 4. The molecule has 3 heterocycles. The zero-order valence-electron chi connectivity index (χ0n) is 10.3. The third-order valence-corrected chi connectivity index (χ3v) is 3.20. The molecule has 3 N–H and O–H groups in total. The molecule has 0 spiro atoms. The summed E-state index contributed by atoms with van der Waals surface area (Å²) in [6.07, 6.45) is 2.08. The minimum atomic E-state index is -0.141. The highest BCUT2D eigenvalue weighted by molar-refractivity contribution is 5.40. The van der Waals surface area contributed by atoms with E-state index < -0.39 is 0 Å². The van der Waals surface area contributed by atoms with Crippen molar-refractivity contribution in [3.8, 4) is 0 Å². The molecule has 0 radical (unpaired) electrons. The maximum atomic E-state index is 11.8. The summed E-state index contributed by atoms with van der Waals surface area (Å²) in [4.78, 5) is 22.4. The van der Waals surface area contributed by atoms with Gasteiger partial charge in [-0.2, -0.15) is 9.50 Å². The molecule has 7 nitrogen and oxygen atoms in total. The fourth-order valence-electron chi connectivity index (χ4n) is 2.33. The van der Waals surface area contributed by atoms with Crippen molar-refractivity contribution in [2.75, 3.05) is 18.0 Å². The number of nitrogens with two attached hydrogens (primary N) is 1. The number of rotatable bonds is 1. The predicted octanol–water partition coefficient (Wildman–Crippen LogP) is -0.346. The second-order valence-electron chi connectivity index (χ2n) is 4.77. The molecule has 1 aliphatic rings. The number of anilines is 1. The van der Waals surface area contributed by atoms with Crippen molar-refractivity contribution in [2.45, 2.75) is 25.8 Å². The molecule has 1 aliphatic heterocycles. The first-order valence-corrected chi connectivity index (χ1v) is 6.10. The number of aryl methyl sites for hydroxylation is 1. The van der Waals surface area contributed by atoms with E-state index in [-0.39, 0.29) is 11.6 Å². The van der Waals surface area contributed by atoms with Crippen LogP contribution in [0.25, 0.3) is 5.78 Å². The average molecular weight is 248 g/mol. The van der Waals surface area contributed by atoms with Gasteiger partial charge in [-0.25, -0.2) is 4.98 Å². The maximum Gasteiger partial charge on any atom is 0.274 e. The van der Waals surface area contributed by atoms with E-state index in [0.717, 1.165) is 25.9 Å². The lowest BCUT2D eigenvalue weighted by atomic mass is 10.1. The summed E-state index contributed by atoms with van der Waals surface area (Å²) in [5.41, 5.74) is 6.48. The molecule has 1 saturated heterocycles. The van der Waals surface area contributed by atoms with Gasteiger partial charge < -0.3 is 10.6 Å². The highest BCUT2D eigenvalue weighted by atomic mass is 16.1. The first-order chi connectivity index (χ1) is 8.63. The number of nitrogens with one attached hydrogen (secondary N) is 1. The third-order valence-electron chi connectivity index (χ3n) is 3.20. The van der Waals surface area contributed by atoms with Gasteiger partial charge in [0.05, 0.1) is 0 Å². The summed E-state index contributed by atoms with van der Waals surface area (Å²) >= 11 is 0. The standard InChI is InChI=1S/C11H16N6O/c1-7-5-9(18)17-10(13-7)14-11(15-17)16-4-2-3-8(12)6-16/h5,8H,2-4,6,12H2,1H3,(H,13,14,15)/t8-/m1/s1. The SMILES string of the molecule is Cc1cc(=O)n2[nH]c(N3CCC[C@@H](N)C3)nc2n1. The quantitative estimate of drug-likeness (QED) is 0.720. The Labute approximate surface area is 104 Å². The molecule has 1 fully saturated rings. The van der Waals surface area contributed by atoms with Crippen LogP contribution in [0.15, 0.2) is 10.9 Å². The molecule has 1 atom stereocenters. The monoisotopic (exact) mass is 248 g/mol. The van der Waals surface area contributed by atoms with Gasteiger partial charge in [0.2, 0.25) is 5.95 Å². The Morgan fingerprint density at radius 2 is 2.33 bits per heavy atom. The number of hydrogen-bond donors (Lipinski definition) is 2. The lowest BCUT2D eigenvalue weighted by Crippen LogP contribution is -2.43. The lowest BCUT2D eigenvalue weighted by molar-refractivity contribution is 0.500. The molecule has 18 heavy (non-hydrogen) atoms. The van der Waals surface area contributed by atoms with Gasteiger partial charge in [-0.05, 0) is 19.8 Å². The van der Waals surface area contributed by atoms with Crippen molar-refractivity contribution >= 4 is 11.7 Å². The van der Waals surface area contributed by atoms with Gasteiger partial charge >= 0.3 is 0 Å². The Bertz CT molecular complexity index is 630. The normalized spacial score (nSPS) is 20.6. The highest BCUT2D eigenvalue weighted by Crippen LogP contribution is 2.15. The molecule has 3 rings (SSSR count). The van der Waals surface area contributed by atoms with Gasteiger partial charge in [-0.15, -0.1) is 0 Å². The van der Waals surface area contributed by atoms with Crippen LogP contribution in [-0.2, 0) is 0 Å². The van der Waals surface area contributed by atoms with Crippen molar-refractivity contribution in [1.29, 1.82) is 0 Å². The van der Waals surface area contributed by atoms with E-state index in [1.807, 2.05) is 0 Å². The zero-order valence-corrected chi connectivity index (χ0v) is 10.3. The van der Waals surface area contributed by atoms with Crippen LogP contribution in [0.2, 0.25) is 0 Å². The minimum Gasteiger partial charge on any atom is -0.340 e. The first-order valence-electron chi connectivity index (χ1n) is 6.10. The minimum absolute atomic E-state index is 0.141. The van der Waals surface area contributed by atoms with E-state index >= 15 is 0 Å². The second kappa shape index (κ2) is 4.09. The summed E-state index contributed by atoms with van der Waals surface area (Å²) < 4.78 is 1.36. The van der Waals surface area contributed by atoms with Crippen LogP contribution in [0.5, 0.6) is 0 Å². The van der Waals surface area contributed by atoms with E-state index in [1.165, 1.54) is 10.6 Å². The third kappa shape index (κ3) is 1.86. The Hall–Kier alpha value is -1.89. The molecule has 2 aromatic rings. The molecule has 0 amide bonds. The van der Waals surface area contributed by atoms with Crippen LogP contribution in [-0.4, -0.2) is 38.7 Å². The highest BCUT2D eigenvalue weighted by Gasteiger charge is 2.20. The largest absolute Gasteiger partial charge is 0.340 e. The second-order valence-corrected chi connectivity index (χ2v) is 4.77. The number of H-pyrrole nitrogens is 1. The number of fused-ring (bicyclic) bond motifs is 1. The van der Waals surface area contributed by atoms with Gasteiger partial charge in [0.15, 0.2) is 0 Å². The van der Waals surface area contributed by atoms with Gasteiger partial charge in [-0.3, -0.25) is 9.89 Å². The van der Waals surface area contributed by atoms with E-state index in [2.05, 4.69) is 20.0 Å². The molecule has 0 aromatic carbocycles. The molecule has 0 bridgehead atoms. The first kappa shape index (κ1) is 11.2. The number of hydrogen-bond acceptors (Lipinski definition) is 5. The fourth-order valence-corrected chi connectivity index (χ4v) is 2.33. The molecular formula is C11H16N6O. The number of piperidine rings is 1. The number of aromatic nitrogens is 4. The molecule has 0 aliphatic carbocycles. The summed E-state index contributed by atoms with van der Waals surface area (Å²) in [6.45, 7) is 3.45. The average Bonchev–Trinajstić information content (AvgIpc) is 2.73. The molecule has 7 heteroatoms. The Morgan fingerprint density at radius 3 is 3.11 bits per heavy atom. The topological polar surface area (TPSA) is 92.3 Å². The molecule has 2 aromatic heterocycles. The van der Waals surface area contributed by atoms with Gasteiger partial charge in [-0.1, -0.05) is 0 Å². The van der Waals surface area contributed by atoms with Crippen molar-refractivity contribution < 1.29 is 0 Å². The van der Waals surface area contributed by atoms with E-state index in [1.54, 1.807) is 6.92 Å². The smallest absolute Gasteiger partial charge is 0.274 e. The molecule has 0 saturated carbocycles. The van der Waals surface area contributed by atoms with Crippen LogP contribution in [0.3, 0.4) is 0 Å². The van der Waals surface area contributed by atoms with Crippen LogP contribution < -0.4 is 16.2 Å². The van der Waals surface area contributed by atoms with Gasteiger partial charge in [0.25, 0.3) is 11.3 Å². The molecule has 96 valence electrons. The Morgan fingerprint density at radius 1 is 1.50 bits per heavy atom. The van der Waals surface area contributed by atoms with Crippen LogP contribution in [0.1, 0.15) is 18.5 Å². The van der Waals surface area contributed by atoms with Gasteiger partial charge in [0.1, 0.15) is 0 Å². The van der Waals surface area contributed by atoms with Crippen molar-refractivity contribution in [1.82, 2.24) is 19.6 Å². The predicted molar refractivity (Wildman–Crippen MR) is 67.8 cm³/mol. The van der Waals surface area contributed by atoms with Crippen LogP contribution in [0, 0.1) is 6.92 Å². The van der Waals surface area contributed by atoms with E-state index in [0.29, 0.717) is 17.4 Å². The summed E-state index contributed by atoms with van der Waals surface area (Å²) in [7, 11) is 0. The van der Waals surface area contributed by atoms with Gasteiger partial charge in [0, 0.05) is 30.9 Å². The Kier molecular flexibility index (Phi) is 2.55. The fraction of sp³-hybridized carbons (Fsp3) is 0.545. The molecule has 0 unspecified atom stereocenters. The van der Waals surface area contributed by atoms with Crippen molar-refractivity contribution in [3.63, 3.8) is 0 Å². The Balaban J connectivity index is 2.03. The summed E-state index contributed by atoms with van der Waals surface area (Å²) in [5.74, 6) is 1.08. The van der Waals surface area contributed by atoms with Crippen molar-refractivity contribution in [3.05, 3.63) is 22.1 Å². The lowest BCUT2D eigenvalue weighted by Gasteiger charge is -2.29. The number of aromatic amines is 1. The van der Waals surface area contributed by atoms with Crippen LogP contribution in [0.4, 0.5) is 5.95 Å². The van der Waals surface area contributed by atoms with Crippen LogP contribution >= 0.6 is 0 Å². The zero-order chi connectivity index (χ0) is 12.7.